The Balaban J connectivity index is 0.000000137. The van der Waals surface area contributed by atoms with Crippen molar-refractivity contribution in [1.82, 2.24) is 29.8 Å². The van der Waals surface area contributed by atoms with Gasteiger partial charge in [-0.15, -0.1) is 5.10 Å². The Morgan fingerprint density at radius 2 is 1.03 bits per heavy atom. The van der Waals surface area contributed by atoms with Crippen molar-refractivity contribution >= 4 is 52.3 Å². The molecule has 11 N–H and O–H groups in total. The van der Waals surface area contributed by atoms with Gasteiger partial charge in [0.2, 0.25) is 0 Å². The summed E-state index contributed by atoms with van der Waals surface area (Å²) in [6, 6.07) is 13.0. The van der Waals surface area contributed by atoms with E-state index >= 15 is 0 Å². The van der Waals surface area contributed by atoms with Crippen molar-refractivity contribution in [3.05, 3.63) is 123 Å². The van der Waals surface area contributed by atoms with Crippen LogP contribution in [0.4, 0.5) is 60.9 Å². The number of H-pyrrole nitrogens is 1. The molecule has 6 heterocycles. The zero-order valence-corrected chi connectivity index (χ0v) is 39.7. The number of benzene rings is 3. The standard InChI is InChI=1S/2C17H18F2N4O.C10H10FNO2.C7H10FN3.CH4/c18-9-1-3-14-12(7-9)11(5-6-21-14)17(24)23-15-4-2-10(19)8-13(15)16(20)22-23;18-9-1-3-14-12(7-9)11(5-6-21-14)17(24)23-16(20)13-8-10(19)2-4-15(13)22-23;11-6-1-2-9-8(5-6)7(10(13)14)3-4-12-9;8-4-1-2-6-5(3-4)7(9)11-10-6;/h1,3,7,10-11,21H,2,4-6,8H2,(H2,20,22);1,3,7,10-11,21H,2,4-6,8,20H2;1-2,5,7,12H,3-4H2,(H,13,14);4H,1-3H2,(H3,9,10,11);1H4/t2*10-,11?;;4-;/m11.1./s1. The summed E-state index contributed by atoms with van der Waals surface area (Å²) >= 11 is 0. The molecule has 394 valence electrons. The van der Waals surface area contributed by atoms with Crippen LogP contribution in [0.1, 0.15) is 124 Å². The minimum atomic E-state index is -0.943. The number of nitrogens with zero attached hydrogens (tertiary/aromatic N) is 5. The molecule has 0 saturated heterocycles. The van der Waals surface area contributed by atoms with Crippen LogP contribution in [-0.4, -0.2) is 90.8 Å². The van der Waals surface area contributed by atoms with E-state index in [1.165, 1.54) is 45.8 Å². The van der Waals surface area contributed by atoms with E-state index in [-0.39, 0.29) is 55.4 Å². The number of alkyl halides is 3. The fourth-order valence-corrected chi connectivity index (χ4v) is 10.5. The maximum atomic E-state index is 13.6. The number of nitrogens with one attached hydrogen (secondary N) is 4. The molecule has 22 heteroatoms. The summed E-state index contributed by atoms with van der Waals surface area (Å²) in [5.74, 6) is -3.24. The maximum absolute atomic E-state index is 13.6. The zero-order valence-electron chi connectivity index (χ0n) is 39.7. The summed E-state index contributed by atoms with van der Waals surface area (Å²) in [4.78, 5) is 36.9. The van der Waals surface area contributed by atoms with E-state index in [0.717, 1.165) is 34.7 Å². The number of aryl methyl sites for hydroxylation is 2. The average molecular weight is 1030 g/mol. The Morgan fingerprint density at radius 1 is 0.568 bits per heavy atom. The first kappa shape index (κ1) is 52.8. The lowest BCUT2D eigenvalue weighted by atomic mass is 9.89. The van der Waals surface area contributed by atoms with Crippen molar-refractivity contribution in [1.29, 1.82) is 0 Å². The number of aromatic nitrogens is 6. The Labute approximate surface area is 422 Å². The molecular weight excluding hydrogens is 971 g/mol. The van der Waals surface area contributed by atoms with Crippen LogP contribution in [-0.2, 0) is 43.3 Å². The number of fused-ring (bicyclic) bond motifs is 6. The summed E-state index contributed by atoms with van der Waals surface area (Å²) < 4.78 is 82.7. The quantitative estimate of drug-likeness (QED) is 0.0775. The highest BCUT2D eigenvalue weighted by molar-refractivity contribution is 5.91. The Hall–Kier alpha value is -7.52. The van der Waals surface area contributed by atoms with E-state index in [2.05, 4.69) is 36.3 Å². The Bertz CT molecular complexity index is 3040. The number of halogens is 6. The highest BCUT2D eigenvalue weighted by atomic mass is 19.2. The smallest absolute Gasteiger partial charge is 0.311 e. The third-order valence-electron chi connectivity index (χ3n) is 14.3. The summed E-state index contributed by atoms with van der Waals surface area (Å²) in [6.07, 6.45) is 2.81. The number of nitrogens with two attached hydrogens (primary N) is 3. The van der Waals surface area contributed by atoms with Crippen LogP contribution in [0.25, 0.3) is 0 Å². The number of carboxylic acids is 1. The van der Waals surface area contributed by atoms with Gasteiger partial charge in [-0.2, -0.15) is 14.9 Å². The number of anilines is 6. The van der Waals surface area contributed by atoms with Gasteiger partial charge in [-0.25, -0.2) is 31.0 Å². The number of carbonyl (C=O) groups is 3. The number of aliphatic carboxylic acids is 1. The van der Waals surface area contributed by atoms with E-state index in [9.17, 15) is 40.7 Å². The summed E-state index contributed by atoms with van der Waals surface area (Å²) in [7, 11) is 0. The SMILES string of the molecule is C.Nc1c2c(nn1C(=O)C1CCNc3ccc(F)cc31)CC[C@@H](F)C2.Nc1n[nH]c2c1C[C@H](F)CC2.Nc1nn(C(=O)C2CCNc3ccc(F)cc32)c2c1C[C@H](F)CC2.O=C(O)C1CCNc2ccc(F)cc21. The van der Waals surface area contributed by atoms with Crippen LogP contribution in [0, 0.1) is 17.5 Å². The number of rotatable bonds is 3. The van der Waals surface area contributed by atoms with Gasteiger partial charge in [0.15, 0.2) is 0 Å². The molecule has 3 aromatic heterocycles. The van der Waals surface area contributed by atoms with Gasteiger partial charge in [-0.3, -0.25) is 19.5 Å². The van der Waals surface area contributed by atoms with Gasteiger partial charge in [0.05, 0.1) is 29.1 Å². The highest BCUT2D eigenvalue weighted by Crippen LogP contribution is 2.38. The molecule has 0 bridgehead atoms. The topological polar surface area (TPSA) is 250 Å². The van der Waals surface area contributed by atoms with E-state index < -0.39 is 48.1 Å². The van der Waals surface area contributed by atoms with Crippen LogP contribution in [0.15, 0.2) is 54.6 Å². The van der Waals surface area contributed by atoms with Gasteiger partial charge in [0, 0.05) is 78.3 Å². The van der Waals surface area contributed by atoms with Crippen molar-refractivity contribution in [2.24, 2.45) is 0 Å². The number of carbonyl (C=O) groups excluding carboxylic acids is 2. The Kier molecular flexibility index (Phi) is 15.9. The molecular formula is C52H60F6N12O4. The molecule has 0 amide bonds. The molecule has 6 aliphatic rings. The van der Waals surface area contributed by atoms with E-state index in [1.54, 1.807) is 18.2 Å². The van der Waals surface area contributed by atoms with Crippen molar-refractivity contribution in [2.75, 3.05) is 52.8 Å². The molecule has 3 unspecified atom stereocenters. The molecule has 0 radical (unpaired) electrons. The fourth-order valence-electron chi connectivity index (χ4n) is 10.5. The molecule has 3 aromatic carbocycles. The van der Waals surface area contributed by atoms with E-state index in [0.29, 0.717) is 122 Å². The Morgan fingerprint density at radius 3 is 1.57 bits per heavy atom. The third-order valence-corrected chi connectivity index (χ3v) is 14.3. The van der Waals surface area contributed by atoms with Crippen molar-refractivity contribution < 1.29 is 45.8 Å². The van der Waals surface area contributed by atoms with Crippen LogP contribution < -0.4 is 33.2 Å². The zero-order chi connectivity index (χ0) is 51.7. The van der Waals surface area contributed by atoms with E-state index in [4.69, 9.17) is 22.3 Å². The molecule has 0 spiro atoms. The molecule has 0 fully saturated rings. The summed E-state index contributed by atoms with van der Waals surface area (Å²) in [5.41, 5.74) is 26.1. The third kappa shape index (κ3) is 11.0. The van der Waals surface area contributed by atoms with Crippen molar-refractivity contribution in [2.45, 2.75) is 121 Å². The first-order valence-electron chi connectivity index (χ1n) is 24.4. The van der Waals surface area contributed by atoms with Crippen LogP contribution >= 0.6 is 0 Å². The van der Waals surface area contributed by atoms with Crippen molar-refractivity contribution in [3.8, 4) is 0 Å². The van der Waals surface area contributed by atoms with Gasteiger partial charge in [-0.05, 0) is 129 Å². The highest BCUT2D eigenvalue weighted by Gasteiger charge is 2.35. The van der Waals surface area contributed by atoms with Crippen LogP contribution in [0.2, 0.25) is 0 Å². The first-order chi connectivity index (χ1) is 35.0. The second kappa shape index (κ2) is 22.3. The predicted octanol–water partition coefficient (Wildman–Crippen LogP) is 8.61. The molecule has 6 aromatic rings. The molecule has 3 aliphatic carbocycles. The molecule has 16 nitrogen and oxygen atoms in total. The molecule has 12 rings (SSSR count). The molecule has 0 saturated carbocycles. The molecule has 3 aliphatic heterocycles. The van der Waals surface area contributed by atoms with Crippen molar-refractivity contribution in [3.63, 3.8) is 0 Å². The normalized spacial score (nSPS) is 21.7. The lowest BCUT2D eigenvalue weighted by Crippen LogP contribution is -2.29. The van der Waals surface area contributed by atoms with E-state index in [1.807, 2.05) is 0 Å². The number of nitrogen functional groups attached to an aromatic ring is 3. The average Bonchev–Trinajstić information content (AvgIpc) is 4.04. The summed E-state index contributed by atoms with van der Waals surface area (Å²) in [5, 5.41) is 33.4. The van der Waals surface area contributed by atoms with Gasteiger partial charge < -0.3 is 38.3 Å². The fraction of sp³-hybridized carbons (Fsp3) is 0.423. The lowest BCUT2D eigenvalue weighted by molar-refractivity contribution is -0.139. The maximum Gasteiger partial charge on any atom is 0.311 e. The number of carboxylic acid groups (broad SMARTS) is 1. The van der Waals surface area contributed by atoms with Gasteiger partial charge >= 0.3 is 5.97 Å². The summed E-state index contributed by atoms with van der Waals surface area (Å²) in [6.45, 7) is 1.86. The van der Waals surface area contributed by atoms with Gasteiger partial charge in [-0.1, -0.05) is 7.43 Å². The predicted molar refractivity (Wildman–Crippen MR) is 269 cm³/mol. The minimum Gasteiger partial charge on any atom is -0.481 e. The van der Waals surface area contributed by atoms with Gasteiger partial charge in [0.1, 0.15) is 53.4 Å². The number of hydrogen-bond donors (Lipinski definition) is 8. The first-order valence-corrected chi connectivity index (χ1v) is 24.4. The number of hydrogen-bond acceptors (Lipinski definition) is 12. The van der Waals surface area contributed by atoms with Gasteiger partial charge in [0.25, 0.3) is 11.8 Å². The van der Waals surface area contributed by atoms with Crippen LogP contribution in [0.5, 0.6) is 0 Å². The largest absolute Gasteiger partial charge is 0.481 e. The molecule has 6 atom stereocenters. The number of aromatic amines is 1. The second-order valence-corrected chi connectivity index (χ2v) is 19.0. The molecule has 74 heavy (non-hydrogen) atoms. The monoisotopic (exact) mass is 1030 g/mol. The second-order valence-electron chi connectivity index (χ2n) is 19.0. The minimum absolute atomic E-state index is 0. The lowest BCUT2D eigenvalue weighted by Gasteiger charge is -2.26. The van der Waals surface area contributed by atoms with Crippen LogP contribution in [0.3, 0.4) is 0 Å².